The maximum Gasteiger partial charge on any atom is 0.307 e. The van der Waals surface area contributed by atoms with Gasteiger partial charge in [-0.25, -0.2) is 5.43 Å². The fourth-order valence-electron chi connectivity index (χ4n) is 2.62. The average molecular weight is 606 g/mol. The van der Waals surface area contributed by atoms with E-state index < -0.39 is 5.91 Å². The van der Waals surface area contributed by atoms with Gasteiger partial charge in [0.1, 0.15) is 5.58 Å². The third kappa shape index (κ3) is 5.28. The first-order chi connectivity index (χ1) is 14.3. The Morgan fingerprint density at radius 2 is 2.13 bits per heavy atom. The first-order valence-electron chi connectivity index (χ1n) is 9.08. The minimum absolute atomic E-state index is 0.00250. The van der Waals surface area contributed by atoms with E-state index in [-0.39, 0.29) is 11.9 Å². The molecule has 0 aliphatic heterocycles. The molecule has 3 rings (SSSR count). The molecule has 0 radical (unpaired) electrons. The predicted octanol–water partition coefficient (Wildman–Crippen LogP) is 6.40. The third-order valence-corrected chi connectivity index (χ3v) is 5.82. The average Bonchev–Trinajstić information content (AvgIpc) is 3.14. The van der Waals surface area contributed by atoms with E-state index in [9.17, 15) is 4.79 Å². The lowest BCUT2D eigenvalue weighted by Crippen LogP contribution is -2.16. The van der Waals surface area contributed by atoms with Crippen molar-refractivity contribution >= 4 is 73.2 Å². The summed E-state index contributed by atoms with van der Waals surface area (Å²) in [5, 5.41) is 5.23. The van der Waals surface area contributed by atoms with Crippen LogP contribution in [0, 0.1) is 3.57 Å². The molecule has 6 nitrogen and oxygen atoms in total. The Hall–Kier alpha value is -1.78. The van der Waals surface area contributed by atoms with Gasteiger partial charge < -0.3 is 13.9 Å². The number of hydrogen-bond donors (Lipinski definition) is 1. The molecule has 0 spiro atoms. The molecule has 0 saturated heterocycles. The number of hydrazone groups is 1. The maximum atomic E-state index is 12.4. The summed E-state index contributed by atoms with van der Waals surface area (Å²) >= 11 is 11.9. The van der Waals surface area contributed by atoms with E-state index in [1.54, 1.807) is 25.3 Å². The molecule has 1 amide bonds. The Balaban J connectivity index is 1.75. The van der Waals surface area contributed by atoms with Crippen molar-refractivity contribution in [3.63, 3.8) is 0 Å². The van der Waals surface area contributed by atoms with Crippen molar-refractivity contribution < 1.29 is 18.7 Å². The fourth-order valence-corrected chi connectivity index (χ4v) is 4.55. The second-order valence-corrected chi connectivity index (χ2v) is 8.97. The van der Waals surface area contributed by atoms with Crippen LogP contribution in [-0.4, -0.2) is 25.3 Å². The minimum atomic E-state index is -0.454. The van der Waals surface area contributed by atoms with Crippen LogP contribution < -0.4 is 14.9 Å². The van der Waals surface area contributed by atoms with E-state index >= 15 is 0 Å². The highest BCUT2D eigenvalue weighted by Gasteiger charge is 2.15. The predicted molar refractivity (Wildman–Crippen MR) is 130 cm³/mol. The van der Waals surface area contributed by atoms with Gasteiger partial charge in [-0.15, -0.1) is 0 Å². The summed E-state index contributed by atoms with van der Waals surface area (Å²) in [6, 6.07) is 8.91. The molecule has 0 saturated carbocycles. The van der Waals surface area contributed by atoms with Crippen LogP contribution >= 0.6 is 50.1 Å². The lowest BCUT2D eigenvalue weighted by molar-refractivity contribution is 0.0929. The zero-order valence-electron chi connectivity index (χ0n) is 16.5. The molecule has 0 bridgehead atoms. The number of amides is 1. The van der Waals surface area contributed by atoms with Crippen LogP contribution in [0.2, 0.25) is 5.02 Å². The van der Waals surface area contributed by atoms with Crippen LogP contribution in [0.3, 0.4) is 0 Å². The van der Waals surface area contributed by atoms with Crippen molar-refractivity contribution in [3.05, 3.63) is 54.7 Å². The molecule has 1 atom stereocenters. The smallest absolute Gasteiger partial charge is 0.307 e. The molecule has 30 heavy (non-hydrogen) atoms. The molecular weight excluding hydrogens is 587 g/mol. The lowest BCUT2D eigenvalue weighted by Gasteiger charge is -2.17. The first-order valence-corrected chi connectivity index (χ1v) is 11.3. The second kappa shape index (κ2) is 10.0. The van der Waals surface area contributed by atoms with Gasteiger partial charge in [0.15, 0.2) is 17.3 Å². The number of rotatable bonds is 7. The van der Waals surface area contributed by atoms with E-state index in [1.807, 2.05) is 26.0 Å². The number of benzene rings is 2. The van der Waals surface area contributed by atoms with Gasteiger partial charge >= 0.3 is 5.91 Å². The number of furan rings is 1. The standard InChI is InChI=1S/C21H19BrClIN2O4/c1-4-11(2)29-20-15(23)5-12(6-17(20)28-3)10-25-26-21(27)18-8-13-7-14(22)9-16(24)19(13)30-18/h5-11H,4H2,1-3H3,(H,26,27)/b25-10-/t11-/m0/s1. The minimum Gasteiger partial charge on any atom is -0.493 e. The highest BCUT2D eigenvalue weighted by Crippen LogP contribution is 2.37. The van der Waals surface area contributed by atoms with Gasteiger partial charge in [-0.05, 0) is 71.8 Å². The number of hydrogen-bond acceptors (Lipinski definition) is 5. The molecule has 0 aliphatic rings. The van der Waals surface area contributed by atoms with Gasteiger partial charge in [0.25, 0.3) is 0 Å². The van der Waals surface area contributed by atoms with Crippen molar-refractivity contribution in [1.29, 1.82) is 0 Å². The normalized spacial score (nSPS) is 12.3. The van der Waals surface area contributed by atoms with Crippen molar-refractivity contribution in [2.75, 3.05) is 7.11 Å². The van der Waals surface area contributed by atoms with Crippen LogP contribution in [-0.2, 0) is 0 Å². The van der Waals surface area contributed by atoms with E-state index in [2.05, 4.69) is 49.0 Å². The van der Waals surface area contributed by atoms with Crippen molar-refractivity contribution in [2.24, 2.45) is 5.10 Å². The fraction of sp³-hybridized carbons (Fsp3) is 0.238. The molecule has 0 aliphatic carbocycles. The quantitative estimate of drug-likeness (QED) is 0.192. The molecule has 1 N–H and O–H groups in total. The summed E-state index contributed by atoms with van der Waals surface area (Å²) < 4.78 is 18.7. The summed E-state index contributed by atoms with van der Waals surface area (Å²) in [4.78, 5) is 12.4. The van der Waals surface area contributed by atoms with Gasteiger partial charge in [-0.2, -0.15) is 5.10 Å². The second-order valence-electron chi connectivity index (χ2n) is 6.49. The largest absolute Gasteiger partial charge is 0.493 e. The summed E-state index contributed by atoms with van der Waals surface area (Å²) in [5.74, 6) is 0.695. The number of nitrogens with one attached hydrogen (secondary N) is 1. The lowest BCUT2D eigenvalue weighted by atomic mass is 10.2. The van der Waals surface area contributed by atoms with Gasteiger partial charge in [-0.3, -0.25) is 4.79 Å². The topological polar surface area (TPSA) is 73.1 Å². The SMILES string of the molecule is CC[C@H](C)Oc1c(Cl)cc(/C=N\NC(=O)c2cc3cc(Br)cc(I)c3o2)cc1OC. The highest BCUT2D eigenvalue weighted by atomic mass is 127. The number of ether oxygens (including phenoxy) is 2. The van der Waals surface area contributed by atoms with Crippen LogP contribution in [0.5, 0.6) is 11.5 Å². The molecular formula is C21H19BrClIN2O4. The Kier molecular flexibility index (Phi) is 7.65. The van der Waals surface area contributed by atoms with Crippen LogP contribution in [0.1, 0.15) is 36.4 Å². The van der Waals surface area contributed by atoms with Crippen molar-refractivity contribution in [2.45, 2.75) is 26.4 Å². The molecule has 0 fully saturated rings. The number of fused-ring (bicyclic) bond motifs is 1. The summed E-state index contributed by atoms with van der Waals surface area (Å²) in [6.07, 6.45) is 2.32. The van der Waals surface area contributed by atoms with Crippen LogP contribution in [0.4, 0.5) is 0 Å². The monoisotopic (exact) mass is 604 g/mol. The van der Waals surface area contributed by atoms with Crippen LogP contribution in [0.25, 0.3) is 11.0 Å². The Labute approximate surface area is 201 Å². The third-order valence-electron chi connectivity index (χ3n) is 4.28. The van der Waals surface area contributed by atoms with Gasteiger partial charge in [-0.1, -0.05) is 34.5 Å². The zero-order chi connectivity index (χ0) is 21.8. The van der Waals surface area contributed by atoms with Crippen molar-refractivity contribution in [1.82, 2.24) is 5.43 Å². The number of methoxy groups -OCH3 is 1. The van der Waals surface area contributed by atoms with E-state index in [4.69, 9.17) is 25.5 Å². The maximum absolute atomic E-state index is 12.4. The van der Waals surface area contributed by atoms with E-state index in [1.165, 1.54) is 6.21 Å². The number of carbonyl (C=O) groups excluding carboxylic acids is 1. The number of carbonyl (C=O) groups is 1. The van der Waals surface area contributed by atoms with Gasteiger partial charge in [0.2, 0.25) is 0 Å². The summed E-state index contributed by atoms with van der Waals surface area (Å²) in [7, 11) is 1.54. The Morgan fingerprint density at radius 1 is 1.37 bits per heavy atom. The van der Waals surface area contributed by atoms with Crippen LogP contribution in [0.15, 0.2) is 44.3 Å². The molecule has 3 aromatic rings. The van der Waals surface area contributed by atoms with Gasteiger partial charge in [0, 0.05) is 9.86 Å². The van der Waals surface area contributed by atoms with Gasteiger partial charge in [0.05, 0.1) is 28.0 Å². The number of halogens is 3. The van der Waals surface area contributed by atoms with E-state index in [0.29, 0.717) is 27.7 Å². The first kappa shape index (κ1) is 22.9. The Morgan fingerprint density at radius 3 is 2.83 bits per heavy atom. The molecule has 1 aromatic heterocycles. The number of nitrogens with zero attached hydrogens (tertiary/aromatic N) is 1. The molecule has 9 heteroatoms. The summed E-state index contributed by atoms with van der Waals surface area (Å²) in [5.41, 5.74) is 3.77. The molecule has 0 unspecified atom stereocenters. The molecule has 158 valence electrons. The molecule has 1 heterocycles. The highest BCUT2D eigenvalue weighted by molar-refractivity contribution is 14.1. The van der Waals surface area contributed by atoms with Crippen molar-refractivity contribution in [3.8, 4) is 11.5 Å². The zero-order valence-corrected chi connectivity index (χ0v) is 21.0. The van der Waals surface area contributed by atoms with E-state index in [0.717, 1.165) is 19.8 Å². The Bertz CT molecular complexity index is 1120. The molecule has 2 aromatic carbocycles. The summed E-state index contributed by atoms with van der Waals surface area (Å²) in [6.45, 7) is 3.98.